The van der Waals surface area contributed by atoms with Crippen molar-refractivity contribution in [2.75, 3.05) is 18.8 Å². The highest BCUT2D eigenvalue weighted by Crippen LogP contribution is 2.26. The number of piperidine rings is 1. The molecule has 7 nitrogen and oxygen atoms in total. The van der Waals surface area contributed by atoms with Crippen molar-refractivity contribution in [3.8, 4) is 0 Å². The molecular weight excluding hydrogens is 300 g/mol. The molecule has 1 fully saturated rings. The van der Waals surface area contributed by atoms with E-state index in [4.69, 9.17) is 5.73 Å². The Balaban J connectivity index is 1.66. The number of nitrogen functional groups attached to an aromatic ring is 1. The summed E-state index contributed by atoms with van der Waals surface area (Å²) in [5, 5.41) is 7.63. The van der Waals surface area contributed by atoms with E-state index in [0.717, 1.165) is 41.6 Å². The van der Waals surface area contributed by atoms with Gasteiger partial charge in [-0.05, 0) is 26.7 Å². The molecule has 1 amide bonds. The first-order valence-electron chi connectivity index (χ1n) is 7.41. The number of anilines is 1. The number of nitrogens with two attached hydrogens (primary N) is 1. The van der Waals surface area contributed by atoms with Gasteiger partial charge in [0, 0.05) is 23.9 Å². The van der Waals surface area contributed by atoms with E-state index < -0.39 is 0 Å². The molecule has 1 atom stereocenters. The fourth-order valence-electron chi connectivity index (χ4n) is 2.82. The van der Waals surface area contributed by atoms with Gasteiger partial charge in [0.25, 0.3) is 0 Å². The molecule has 2 aromatic rings. The van der Waals surface area contributed by atoms with E-state index in [1.165, 1.54) is 11.3 Å². The Bertz CT molecular complexity index is 679. The van der Waals surface area contributed by atoms with E-state index in [1.807, 2.05) is 18.7 Å². The molecular formula is C14H20N6OS. The van der Waals surface area contributed by atoms with Crippen LogP contribution in [0.25, 0.3) is 0 Å². The SMILES string of the molecule is Cc1nc(C2CCCN(C(=O)Cc3sc(N)nc3C)C2)n[nH]1. The number of hydrogen-bond donors (Lipinski definition) is 2. The molecule has 0 bridgehead atoms. The van der Waals surface area contributed by atoms with E-state index in [9.17, 15) is 4.79 Å². The minimum atomic E-state index is 0.128. The molecule has 22 heavy (non-hydrogen) atoms. The number of aromatic nitrogens is 4. The summed E-state index contributed by atoms with van der Waals surface area (Å²) >= 11 is 1.40. The van der Waals surface area contributed by atoms with Crippen LogP contribution < -0.4 is 5.73 Å². The van der Waals surface area contributed by atoms with Crippen LogP contribution in [0, 0.1) is 13.8 Å². The molecule has 3 N–H and O–H groups in total. The lowest BCUT2D eigenvalue weighted by Gasteiger charge is -2.31. The maximum atomic E-state index is 12.5. The van der Waals surface area contributed by atoms with Crippen molar-refractivity contribution in [1.29, 1.82) is 0 Å². The van der Waals surface area contributed by atoms with Crippen molar-refractivity contribution in [2.24, 2.45) is 0 Å². The summed E-state index contributed by atoms with van der Waals surface area (Å²) in [4.78, 5) is 24.0. The lowest BCUT2D eigenvalue weighted by molar-refractivity contribution is -0.131. The highest BCUT2D eigenvalue weighted by atomic mass is 32.1. The average molecular weight is 320 g/mol. The number of nitrogens with zero attached hydrogens (tertiary/aromatic N) is 4. The van der Waals surface area contributed by atoms with Gasteiger partial charge < -0.3 is 10.6 Å². The maximum absolute atomic E-state index is 12.5. The van der Waals surface area contributed by atoms with Gasteiger partial charge in [0.1, 0.15) is 5.82 Å². The van der Waals surface area contributed by atoms with Gasteiger partial charge in [0.15, 0.2) is 11.0 Å². The van der Waals surface area contributed by atoms with Gasteiger partial charge in [-0.15, -0.1) is 11.3 Å². The predicted octanol–water partition coefficient (Wildman–Crippen LogP) is 1.41. The van der Waals surface area contributed by atoms with Gasteiger partial charge in [-0.1, -0.05) is 0 Å². The number of hydrogen-bond acceptors (Lipinski definition) is 6. The molecule has 0 saturated carbocycles. The molecule has 1 aliphatic rings. The molecule has 3 rings (SSSR count). The number of H-pyrrole nitrogens is 1. The molecule has 1 unspecified atom stereocenters. The van der Waals surface area contributed by atoms with Crippen LogP contribution in [0.4, 0.5) is 5.13 Å². The van der Waals surface area contributed by atoms with Crippen molar-refractivity contribution in [3.63, 3.8) is 0 Å². The second-order valence-electron chi connectivity index (χ2n) is 5.70. The Hall–Kier alpha value is -1.96. The summed E-state index contributed by atoms with van der Waals surface area (Å²) in [6.07, 6.45) is 2.38. The smallest absolute Gasteiger partial charge is 0.227 e. The average Bonchev–Trinajstić information content (AvgIpc) is 3.05. The summed E-state index contributed by atoms with van der Waals surface area (Å²) in [7, 11) is 0. The first kappa shape index (κ1) is 15.0. The highest BCUT2D eigenvalue weighted by Gasteiger charge is 2.27. The third-order valence-electron chi connectivity index (χ3n) is 3.97. The van der Waals surface area contributed by atoms with E-state index >= 15 is 0 Å². The maximum Gasteiger partial charge on any atom is 0.227 e. The molecule has 1 aliphatic heterocycles. The van der Waals surface area contributed by atoms with Crippen molar-refractivity contribution < 1.29 is 4.79 Å². The fourth-order valence-corrected chi connectivity index (χ4v) is 3.64. The van der Waals surface area contributed by atoms with Crippen LogP contribution in [0.15, 0.2) is 0 Å². The van der Waals surface area contributed by atoms with Crippen LogP contribution in [-0.4, -0.2) is 44.1 Å². The number of likely N-dealkylation sites (tertiary alicyclic amines) is 1. The standard InChI is InChI=1S/C14H20N6OS/c1-8-11(22-14(15)16-8)6-12(21)20-5-3-4-10(7-20)13-17-9(2)18-19-13/h10H,3-7H2,1-2H3,(H2,15,16)(H,17,18,19). The van der Waals surface area contributed by atoms with Gasteiger partial charge in [0.2, 0.25) is 5.91 Å². The Morgan fingerprint density at radius 2 is 2.27 bits per heavy atom. The van der Waals surface area contributed by atoms with Crippen molar-refractivity contribution in [1.82, 2.24) is 25.1 Å². The van der Waals surface area contributed by atoms with Crippen molar-refractivity contribution >= 4 is 22.4 Å². The Morgan fingerprint density at radius 3 is 2.91 bits per heavy atom. The number of carbonyl (C=O) groups excluding carboxylic acids is 1. The summed E-state index contributed by atoms with van der Waals surface area (Å²) in [6.45, 7) is 5.26. The van der Waals surface area contributed by atoms with Gasteiger partial charge in [-0.3, -0.25) is 9.89 Å². The second-order valence-corrected chi connectivity index (χ2v) is 6.81. The molecule has 0 aromatic carbocycles. The zero-order chi connectivity index (χ0) is 15.7. The van der Waals surface area contributed by atoms with Crippen LogP contribution in [-0.2, 0) is 11.2 Å². The monoisotopic (exact) mass is 320 g/mol. The quantitative estimate of drug-likeness (QED) is 0.890. The van der Waals surface area contributed by atoms with E-state index in [-0.39, 0.29) is 11.8 Å². The number of carbonyl (C=O) groups is 1. The molecule has 0 aliphatic carbocycles. The lowest BCUT2D eigenvalue weighted by atomic mass is 9.97. The van der Waals surface area contributed by atoms with E-state index in [0.29, 0.717) is 18.1 Å². The Kier molecular flexibility index (Phi) is 4.10. The van der Waals surface area contributed by atoms with Crippen molar-refractivity contribution in [3.05, 3.63) is 22.2 Å². The minimum absolute atomic E-state index is 0.128. The number of amides is 1. The number of aryl methyl sites for hydroxylation is 2. The van der Waals surface area contributed by atoms with E-state index in [1.54, 1.807) is 0 Å². The van der Waals surface area contributed by atoms with Gasteiger partial charge in [-0.2, -0.15) is 5.10 Å². The number of aromatic amines is 1. The van der Waals surface area contributed by atoms with Gasteiger partial charge in [0.05, 0.1) is 12.1 Å². The third kappa shape index (κ3) is 3.11. The van der Waals surface area contributed by atoms with Crippen LogP contribution in [0.5, 0.6) is 0 Å². The zero-order valence-electron chi connectivity index (χ0n) is 12.8. The van der Waals surface area contributed by atoms with Crippen molar-refractivity contribution in [2.45, 2.75) is 39.0 Å². The molecule has 0 spiro atoms. The summed E-state index contributed by atoms with van der Waals surface area (Å²) in [5.41, 5.74) is 6.55. The summed E-state index contributed by atoms with van der Waals surface area (Å²) < 4.78 is 0. The van der Waals surface area contributed by atoms with E-state index in [2.05, 4.69) is 20.2 Å². The zero-order valence-corrected chi connectivity index (χ0v) is 13.6. The molecule has 1 saturated heterocycles. The Morgan fingerprint density at radius 1 is 1.45 bits per heavy atom. The molecule has 8 heteroatoms. The van der Waals surface area contributed by atoms with Gasteiger partial charge >= 0.3 is 0 Å². The predicted molar refractivity (Wildman–Crippen MR) is 84.6 cm³/mol. The number of thiazole rings is 1. The number of nitrogens with one attached hydrogen (secondary N) is 1. The largest absolute Gasteiger partial charge is 0.375 e. The van der Waals surface area contributed by atoms with Crippen LogP contribution in [0.1, 0.15) is 41.0 Å². The molecule has 0 radical (unpaired) electrons. The first-order valence-corrected chi connectivity index (χ1v) is 8.23. The molecule has 118 valence electrons. The molecule has 2 aromatic heterocycles. The Labute approximate surface area is 133 Å². The molecule has 3 heterocycles. The third-order valence-corrected chi connectivity index (χ3v) is 4.96. The fraction of sp³-hybridized carbons (Fsp3) is 0.571. The minimum Gasteiger partial charge on any atom is -0.375 e. The number of rotatable bonds is 3. The van der Waals surface area contributed by atoms with Crippen LogP contribution in [0.2, 0.25) is 0 Å². The summed E-state index contributed by atoms with van der Waals surface area (Å²) in [5.74, 6) is 1.97. The summed E-state index contributed by atoms with van der Waals surface area (Å²) in [6, 6.07) is 0. The lowest BCUT2D eigenvalue weighted by Crippen LogP contribution is -2.40. The highest BCUT2D eigenvalue weighted by molar-refractivity contribution is 7.15. The first-order chi connectivity index (χ1) is 10.5. The topological polar surface area (TPSA) is 101 Å². The second kappa shape index (κ2) is 6.04. The normalized spacial score (nSPS) is 18.6. The van der Waals surface area contributed by atoms with Crippen LogP contribution in [0.3, 0.4) is 0 Å². The van der Waals surface area contributed by atoms with Crippen LogP contribution >= 0.6 is 11.3 Å². The van der Waals surface area contributed by atoms with Gasteiger partial charge in [-0.25, -0.2) is 9.97 Å².